The Morgan fingerprint density at radius 3 is 2.35 bits per heavy atom. The van der Waals surface area contributed by atoms with Crippen LogP contribution < -0.4 is 0 Å². The van der Waals surface area contributed by atoms with Crippen LogP contribution in [0.3, 0.4) is 0 Å². The molecule has 3 aromatic carbocycles. The molecule has 1 heterocycles. The van der Waals surface area contributed by atoms with E-state index in [4.69, 9.17) is 16.7 Å². The Balaban J connectivity index is 1.85. The van der Waals surface area contributed by atoms with Crippen LogP contribution in [0, 0.1) is 11.3 Å². The van der Waals surface area contributed by atoms with Crippen LogP contribution in [0.25, 0.3) is 23.0 Å². The monoisotopic (exact) mass is 505 g/mol. The Morgan fingerprint density at radius 2 is 1.74 bits per heavy atom. The molecule has 0 saturated heterocycles. The number of hydrogen-bond acceptors (Lipinski definition) is 5. The van der Waals surface area contributed by atoms with Crippen LogP contribution in [0.1, 0.15) is 12.5 Å². The van der Waals surface area contributed by atoms with Crippen LogP contribution in [0.5, 0.6) is 0 Å². The number of sulfone groups is 1. The van der Waals surface area contributed by atoms with Crippen molar-refractivity contribution in [1.29, 1.82) is 5.26 Å². The largest absolute Gasteiger partial charge is 0.240 e. The Bertz CT molecular complexity index is 1470. The smallest absolute Gasteiger partial charge is 0.216 e. The lowest BCUT2D eigenvalue weighted by molar-refractivity contribution is 0.603. The molecule has 0 aliphatic carbocycles. The zero-order chi connectivity index (χ0) is 24.1. The Labute approximate surface area is 208 Å². The van der Waals surface area contributed by atoms with Crippen molar-refractivity contribution < 1.29 is 8.42 Å². The van der Waals surface area contributed by atoms with Gasteiger partial charge in [-0.2, -0.15) is 10.4 Å². The second-order valence-electron chi connectivity index (χ2n) is 7.25. The summed E-state index contributed by atoms with van der Waals surface area (Å²) in [5.74, 6) is 0.962. The maximum atomic E-state index is 13.2. The first kappa shape index (κ1) is 23.8. The van der Waals surface area contributed by atoms with Gasteiger partial charge in [0.1, 0.15) is 16.7 Å². The van der Waals surface area contributed by atoms with E-state index in [2.05, 4.69) is 6.92 Å². The number of benzene rings is 3. The minimum absolute atomic E-state index is 0.00245. The van der Waals surface area contributed by atoms with E-state index in [9.17, 15) is 13.7 Å². The van der Waals surface area contributed by atoms with Crippen LogP contribution in [-0.4, -0.2) is 24.0 Å². The third-order valence-electron chi connectivity index (χ3n) is 5.01. The Hall–Kier alpha value is -3.31. The zero-order valence-corrected chi connectivity index (χ0v) is 20.6. The summed E-state index contributed by atoms with van der Waals surface area (Å²) in [5, 5.41) is 14.9. The summed E-state index contributed by atoms with van der Waals surface area (Å²) >= 11 is 7.63. The number of halogens is 1. The number of rotatable bonds is 7. The van der Waals surface area contributed by atoms with Gasteiger partial charge in [0, 0.05) is 27.2 Å². The molecule has 4 aromatic rings. The summed E-state index contributed by atoms with van der Waals surface area (Å²) < 4.78 is 28.0. The average molecular weight is 506 g/mol. The number of para-hydroxylation sites is 1. The standard InChI is InChI=1S/C26H20ClN3O2S2/c1-2-33-23-12-8-19(9-13-23)26-20(18-30(29-26)22-6-4-3-5-7-22)16-25(17-28)34(31,32)24-14-10-21(27)11-15-24/h3-16,18H,2H2,1H3/b25-16-. The van der Waals surface area contributed by atoms with Crippen molar-refractivity contribution >= 4 is 39.3 Å². The van der Waals surface area contributed by atoms with E-state index >= 15 is 0 Å². The number of nitrogens with zero attached hydrogens (tertiary/aromatic N) is 3. The number of aromatic nitrogens is 2. The van der Waals surface area contributed by atoms with Gasteiger partial charge in [0.25, 0.3) is 0 Å². The highest BCUT2D eigenvalue weighted by Gasteiger charge is 2.22. The first-order valence-corrected chi connectivity index (χ1v) is 13.3. The summed E-state index contributed by atoms with van der Waals surface area (Å²) in [7, 11) is -4.03. The van der Waals surface area contributed by atoms with E-state index in [-0.39, 0.29) is 9.80 Å². The van der Waals surface area contributed by atoms with Crippen molar-refractivity contribution in [3.63, 3.8) is 0 Å². The minimum atomic E-state index is -4.03. The topological polar surface area (TPSA) is 75.8 Å². The fourth-order valence-corrected chi connectivity index (χ4v) is 5.30. The maximum Gasteiger partial charge on any atom is 0.216 e. The van der Waals surface area contributed by atoms with Crippen molar-refractivity contribution in [3.8, 4) is 23.0 Å². The normalized spacial score (nSPS) is 11.9. The van der Waals surface area contributed by atoms with Gasteiger partial charge in [-0.25, -0.2) is 13.1 Å². The van der Waals surface area contributed by atoms with Crippen LogP contribution in [0.2, 0.25) is 5.02 Å². The molecule has 0 fully saturated rings. The molecule has 1 aromatic heterocycles. The predicted octanol–water partition coefficient (Wildman–Crippen LogP) is 6.64. The van der Waals surface area contributed by atoms with E-state index in [1.165, 1.54) is 30.3 Å². The summed E-state index contributed by atoms with van der Waals surface area (Å²) in [6.45, 7) is 2.09. The molecular weight excluding hydrogens is 486 g/mol. The molecule has 0 aliphatic heterocycles. The van der Waals surface area contributed by atoms with Gasteiger partial charge in [0.05, 0.1) is 10.6 Å². The van der Waals surface area contributed by atoms with Crippen molar-refractivity contribution in [2.45, 2.75) is 16.7 Å². The van der Waals surface area contributed by atoms with Crippen LogP contribution in [0.15, 0.2) is 99.8 Å². The SMILES string of the molecule is CCSc1ccc(-c2nn(-c3ccccc3)cc2/C=C(/C#N)S(=O)(=O)c2ccc(Cl)cc2)cc1. The van der Waals surface area contributed by atoms with E-state index in [0.717, 1.165) is 21.9 Å². The van der Waals surface area contributed by atoms with Gasteiger partial charge >= 0.3 is 0 Å². The van der Waals surface area contributed by atoms with Gasteiger partial charge in [-0.05, 0) is 60.4 Å². The highest BCUT2D eigenvalue weighted by Crippen LogP contribution is 2.30. The molecule has 0 atom stereocenters. The molecule has 0 aliphatic rings. The third kappa shape index (κ3) is 5.10. The number of nitriles is 1. The molecule has 8 heteroatoms. The molecule has 0 saturated carbocycles. The number of thioether (sulfide) groups is 1. The highest BCUT2D eigenvalue weighted by molar-refractivity contribution is 7.99. The molecule has 4 rings (SSSR count). The molecule has 0 bridgehead atoms. The van der Waals surface area contributed by atoms with Gasteiger partial charge in [-0.3, -0.25) is 0 Å². The first-order chi connectivity index (χ1) is 16.4. The second-order valence-corrected chi connectivity index (χ2v) is 10.9. The van der Waals surface area contributed by atoms with E-state index in [0.29, 0.717) is 16.3 Å². The molecule has 170 valence electrons. The quantitative estimate of drug-likeness (QED) is 0.208. The van der Waals surface area contributed by atoms with Gasteiger partial charge in [-0.1, -0.05) is 48.9 Å². The molecule has 0 radical (unpaired) electrons. The second kappa shape index (κ2) is 10.3. The summed E-state index contributed by atoms with van der Waals surface area (Å²) in [6, 6.07) is 25.0. The van der Waals surface area contributed by atoms with Crippen molar-refractivity contribution in [2.24, 2.45) is 0 Å². The minimum Gasteiger partial charge on any atom is -0.240 e. The molecule has 0 amide bonds. The molecule has 5 nitrogen and oxygen atoms in total. The van der Waals surface area contributed by atoms with Crippen LogP contribution >= 0.6 is 23.4 Å². The molecule has 0 spiro atoms. The van der Waals surface area contributed by atoms with Gasteiger partial charge in [-0.15, -0.1) is 11.8 Å². The van der Waals surface area contributed by atoms with Crippen LogP contribution in [-0.2, 0) is 9.84 Å². The summed E-state index contributed by atoms with van der Waals surface area (Å²) in [4.78, 5) is 0.762. The summed E-state index contributed by atoms with van der Waals surface area (Å²) in [6.07, 6.45) is 3.11. The van der Waals surface area contributed by atoms with Crippen molar-refractivity contribution in [2.75, 3.05) is 5.75 Å². The lowest BCUT2D eigenvalue weighted by Gasteiger charge is -2.04. The zero-order valence-electron chi connectivity index (χ0n) is 18.2. The van der Waals surface area contributed by atoms with Crippen molar-refractivity contribution in [3.05, 3.63) is 101 Å². The average Bonchev–Trinajstić information content (AvgIpc) is 3.28. The Morgan fingerprint density at radius 1 is 1.06 bits per heavy atom. The molecule has 0 unspecified atom stereocenters. The van der Waals surface area contributed by atoms with Gasteiger partial charge < -0.3 is 0 Å². The number of allylic oxidation sites excluding steroid dienone is 1. The van der Waals surface area contributed by atoms with Gasteiger partial charge in [0.15, 0.2) is 0 Å². The maximum absolute atomic E-state index is 13.2. The van der Waals surface area contributed by atoms with E-state index in [1.54, 1.807) is 22.6 Å². The van der Waals surface area contributed by atoms with Crippen molar-refractivity contribution in [1.82, 2.24) is 9.78 Å². The molecular formula is C26H20ClN3O2S2. The fourth-order valence-electron chi connectivity index (χ4n) is 3.36. The predicted molar refractivity (Wildman–Crippen MR) is 138 cm³/mol. The fraction of sp³-hybridized carbons (Fsp3) is 0.0769. The number of hydrogen-bond donors (Lipinski definition) is 0. The van der Waals surface area contributed by atoms with E-state index < -0.39 is 9.84 Å². The summed E-state index contributed by atoms with van der Waals surface area (Å²) in [5.41, 5.74) is 2.74. The molecule has 0 N–H and O–H groups in total. The van der Waals surface area contributed by atoms with E-state index in [1.807, 2.05) is 60.7 Å². The highest BCUT2D eigenvalue weighted by atomic mass is 35.5. The first-order valence-electron chi connectivity index (χ1n) is 10.4. The molecule has 34 heavy (non-hydrogen) atoms. The lowest BCUT2D eigenvalue weighted by Crippen LogP contribution is -2.03. The third-order valence-corrected chi connectivity index (χ3v) is 7.84. The van der Waals surface area contributed by atoms with Crippen LogP contribution in [0.4, 0.5) is 0 Å². The van der Waals surface area contributed by atoms with Gasteiger partial charge in [0.2, 0.25) is 9.84 Å². The Kier molecular flexibility index (Phi) is 7.23. The lowest BCUT2D eigenvalue weighted by atomic mass is 10.1.